The van der Waals surface area contributed by atoms with E-state index in [2.05, 4.69) is 10.2 Å². The van der Waals surface area contributed by atoms with Crippen LogP contribution in [0.3, 0.4) is 0 Å². The summed E-state index contributed by atoms with van der Waals surface area (Å²) in [5.74, 6) is -0.354. The van der Waals surface area contributed by atoms with E-state index in [-0.39, 0.29) is 22.5 Å². The molecule has 9 heteroatoms. The van der Waals surface area contributed by atoms with E-state index in [0.29, 0.717) is 43.0 Å². The van der Waals surface area contributed by atoms with Gasteiger partial charge >= 0.3 is 0 Å². The minimum atomic E-state index is -0.566. The summed E-state index contributed by atoms with van der Waals surface area (Å²) in [7, 11) is 0. The molecule has 0 unspecified atom stereocenters. The molecule has 0 bridgehead atoms. The van der Waals surface area contributed by atoms with Gasteiger partial charge in [0, 0.05) is 43.9 Å². The lowest BCUT2D eigenvalue weighted by molar-refractivity contribution is -0.384. The van der Waals surface area contributed by atoms with Crippen LogP contribution in [0.1, 0.15) is 15.9 Å². The van der Waals surface area contributed by atoms with E-state index in [4.69, 9.17) is 11.6 Å². The smallest absolute Gasteiger partial charge is 0.288 e. The summed E-state index contributed by atoms with van der Waals surface area (Å²) in [6, 6.07) is 21.0. The van der Waals surface area contributed by atoms with Crippen LogP contribution in [-0.2, 0) is 4.79 Å². The predicted octanol–water partition coefficient (Wildman–Crippen LogP) is 4.86. The molecule has 4 rings (SSSR count). The minimum absolute atomic E-state index is 0.0133. The normalized spacial score (nSPS) is 13.6. The SMILES string of the molecule is O=C(/C=C/c1ccc(Cl)c([N+](=O)[O-])c1)Nc1ccccc1N1CCN(C(=O)c2ccccc2)CC1. The van der Waals surface area contributed by atoms with Gasteiger partial charge in [-0.2, -0.15) is 0 Å². The summed E-state index contributed by atoms with van der Waals surface area (Å²) in [4.78, 5) is 39.8. The minimum Gasteiger partial charge on any atom is -0.366 e. The molecule has 3 aromatic carbocycles. The van der Waals surface area contributed by atoms with E-state index in [1.807, 2.05) is 59.5 Å². The first kappa shape index (κ1) is 24.0. The van der Waals surface area contributed by atoms with Crippen LogP contribution in [0.5, 0.6) is 0 Å². The first-order valence-corrected chi connectivity index (χ1v) is 11.4. The van der Waals surface area contributed by atoms with Gasteiger partial charge in [-0.25, -0.2) is 0 Å². The number of nitro benzene ring substituents is 1. The summed E-state index contributed by atoms with van der Waals surface area (Å²) in [6.45, 7) is 2.42. The van der Waals surface area contributed by atoms with E-state index in [9.17, 15) is 19.7 Å². The molecule has 178 valence electrons. The fraction of sp³-hybridized carbons (Fsp3) is 0.154. The van der Waals surface area contributed by atoms with Crippen LogP contribution in [0.15, 0.2) is 78.9 Å². The van der Waals surface area contributed by atoms with Gasteiger partial charge in [0.1, 0.15) is 5.02 Å². The van der Waals surface area contributed by atoms with E-state index in [1.54, 1.807) is 6.07 Å². The highest BCUT2D eigenvalue weighted by molar-refractivity contribution is 6.32. The summed E-state index contributed by atoms with van der Waals surface area (Å²) in [5, 5.41) is 14.0. The van der Waals surface area contributed by atoms with Crippen molar-refractivity contribution in [3.8, 4) is 0 Å². The molecule has 1 heterocycles. The zero-order valence-electron chi connectivity index (χ0n) is 18.8. The number of halogens is 1. The molecule has 0 aliphatic carbocycles. The number of hydrogen-bond acceptors (Lipinski definition) is 5. The molecule has 0 aromatic heterocycles. The molecule has 1 aliphatic heterocycles. The highest BCUT2D eigenvalue weighted by Crippen LogP contribution is 2.28. The van der Waals surface area contributed by atoms with Crippen LogP contribution in [0.2, 0.25) is 5.02 Å². The highest BCUT2D eigenvalue weighted by Gasteiger charge is 2.23. The number of carbonyl (C=O) groups is 2. The molecule has 1 N–H and O–H groups in total. The molecule has 3 aromatic rings. The molecule has 0 saturated carbocycles. The maximum absolute atomic E-state index is 12.7. The summed E-state index contributed by atoms with van der Waals surface area (Å²) in [6.07, 6.45) is 2.81. The van der Waals surface area contributed by atoms with Crippen molar-refractivity contribution in [2.75, 3.05) is 36.4 Å². The number of rotatable bonds is 6. The van der Waals surface area contributed by atoms with E-state index >= 15 is 0 Å². The molecule has 1 aliphatic rings. The Bertz CT molecular complexity index is 1270. The van der Waals surface area contributed by atoms with E-state index < -0.39 is 4.92 Å². The molecule has 1 fully saturated rings. The Morgan fingerprint density at radius 3 is 2.34 bits per heavy atom. The molecule has 0 radical (unpaired) electrons. The topological polar surface area (TPSA) is 95.8 Å². The average Bonchev–Trinajstić information content (AvgIpc) is 2.88. The molecular weight excluding hydrogens is 468 g/mol. The lowest BCUT2D eigenvalue weighted by atomic mass is 10.1. The maximum atomic E-state index is 12.7. The number of nitro groups is 1. The van der Waals surface area contributed by atoms with Crippen molar-refractivity contribution in [2.45, 2.75) is 0 Å². The van der Waals surface area contributed by atoms with Crippen molar-refractivity contribution in [3.63, 3.8) is 0 Å². The zero-order valence-corrected chi connectivity index (χ0v) is 19.5. The van der Waals surface area contributed by atoms with Crippen molar-refractivity contribution in [1.82, 2.24) is 4.90 Å². The third-order valence-electron chi connectivity index (χ3n) is 5.68. The maximum Gasteiger partial charge on any atom is 0.288 e. The third-order valence-corrected chi connectivity index (χ3v) is 6.00. The van der Waals surface area contributed by atoms with Crippen molar-refractivity contribution in [2.24, 2.45) is 0 Å². The summed E-state index contributed by atoms with van der Waals surface area (Å²) >= 11 is 5.84. The Balaban J connectivity index is 1.40. The first-order chi connectivity index (χ1) is 16.9. The molecule has 35 heavy (non-hydrogen) atoms. The Labute approximate surface area is 207 Å². The Morgan fingerprint density at radius 2 is 1.63 bits per heavy atom. The number of hydrogen-bond donors (Lipinski definition) is 1. The van der Waals surface area contributed by atoms with Gasteiger partial charge in [0.05, 0.1) is 16.3 Å². The molecular formula is C26H23ClN4O4. The van der Waals surface area contributed by atoms with E-state index in [0.717, 1.165) is 5.69 Å². The van der Waals surface area contributed by atoms with Crippen LogP contribution in [-0.4, -0.2) is 47.8 Å². The standard InChI is InChI=1S/C26H23ClN4O4/c27-21-12-10-19(18-24(21)31(34)35)11-13-25(32)28-22-8-4-5-9-23(22)29-14-16-30(17-15-29)26(33)20-6-2-1-3-7-20/h1-13,18H,14-17H2,(H,28,32)/b13-11+. The number of benzene rings is 3. The zero-order chi connectivity index (χ0) is 24.8. The molecule has 0 spiro atoms. The van der Waals surface area contributed by atoms with Gasteiger partial charge in [-0.3, -0.25) is 19.7 Å². The lowest BCUT2D eigenvalue weighted by Crippen LogP contribution is -2.49. The quantitative estimate of drug-likeness (QED) is 0.302. The van der Waals surface area contributed by atoms with E-state index in [1.165, 1.54) is 24.3 Å². The molecule has 8 nitrogen and oxygen atoms in total. The molecule has 0 atom stereocenters. The number of amides is 2. The van der Waals surface area contributed by atoms with Gasteiger partial charge in [-0.1, -0.05) is 48.0 Å². The number of carbonyl (C=O) groups excluding carboxylic acids is 2. The second kappa shape index (κ2) is 10.8. The van der Waals surface area contributed by atoms with Crippen LogP contribution in [0.25, 0.3) is 6.08 Å². The number of nitrogens with zero attached hydrogens (tertiary/aromatic N) is 3. The van der Waals surface area contributed by atoms with Crippen LogP contribution < -0.4 is 10.2 Å². The lowest BCUT2D eigenvalue weighted by Gasteiger charge is -2.37. The van der Waals surface area contributed by atoms with Crippen molar-refractivity contribution in [3.05, 3.63) is 105 Å². The summed E-state index contributed by atoms with van der Waals surface area (Å²) < 4.78 is 0. The predicted molar refractivity (Wildman–Crippen MR) is 137 cm³/mol. The van der Waals surface area contributed by atoms with Crippen LogP contribution in [0.4, 0.5) is 17.1 Å². The number of nitrogens with one attached hydrogen (secondary N) is 1. The highest BCUT2D eigenvalue weighted by atomic mass is 35.5. The fourth-order valence-corrected chi connectivity index (χ4v) is 4.07. The number of piperazine rings is 1. The van der Waals surface area contributed by atoms with Crippen molar-refractivity contribution in [1.29, 1.82) is 0 Å². The second-order valence-corrected chi connectivity index (χ2v) is 8.36. The monoisotopic (exact) mass is 490 g/mol. The average molecular weight is 491 g/mol. The fourth-order valence-electron chi connectivity index (χ4n) is 3.89. The van der Waals surface area contributed by atoms with Gasteiger partial charge in [-0.05, 0) is 42.0 Å². The third kappa shape index (κ3) is 5.85. The number of anilines is 2. The van der Waals surface area contributed by atoms with Gasteiger partial charge in [0.25, 0.3) is 11.6 Å². The Morgan fingerprint density at radius 1 is 0.943 bits per heavy atom. The van der Waals surface area contributed by atoms with Gasteiger partial charge in [0.15, 0.2) is 0 Å². The number of para-hydroxylation sites is 2. The molecule has 2 amide bonds. The van der Waals surface area contributed by atoms with Crippen LogP contribution >= 0.6 is 11.6 Å². The van der Waals surface area contributed by atoms with Crippen LogP contribution in [0, 0.1) is 10.1 Å². The Kier molecular flexibility index (Phi) is 7.42. The summed E-state index contributed by atoms with van der Waals surface area (Å²) in [5.41, 5.74) is 2.45. The van der Waals surface area contributed by atoms with Gasteiger partial charge in [-0.15, -0.1) is 0 Å². The largest absolute Gasteiger partial charge is 0.366 e. The van der Waals surface area contributed by atoms with Gasteiger partial charge in [0.2, 0.25) is 5.91 Å². The Hall–Kier alpha value is -4.17. The van der Waals surface area contributed by atoms with Gasteiger partial charge < -0.3 is 15.1 Å². The first-order valence-electron chi connectivity index (χ1n) is 11.0. The van der Waals surface area contributed by atoms with Crippen molar-refractivity contribution < 1.29 is 14.5 Å². The molecule has 1 saturated heterocycles. The second-order valence-electron chi connectivity index (χ2n) is 7.95. The van der Waals surface area contributed by atoms with Crippen molar-refractivity contribution >= 4 is 46.6 Å².